The Morgan fingerprint density at radius 2 is 2.00 bits per heavy atom. The fraction of sp³-hybridized carbons (Fsp3) is 0.333. The summed E-state index contributed by atoms with van der Waals surface area (Å²) < 4.78 is 32.0. The van der Waals surface area contributed by atoms with Crippen molar-refractivity contribution in [3.8, 4) is 5.75 Å². The SMILES string of the molecule is [2H][C@]1(c2ccc(Cl)cc2F)C=Cc2cccc(C3CCN(Cc4nc5ccc(C(=O)O)cc5n4C[C@@H](O)CC)CC3)c2O1. The Balaban J connectivity index is 1.21. The van der Waals surface area contributed by atoms with E-state index in [1.165, 1.54) is 12.1 Å². The molecule has 42 heavy (non-hydrogen) atoms. The third-order valence-corrected chi connectivity index (χ3v) is 8.47. The van der Waals surface area contributed by atoms with Crippen LogP contribution in [0.15, 0.2) is 60.7 Å². The Morgan fingerprint density at radius 1 is 1.19 bits per heavy atom. The van der Waals surface area contributed by atoms with Crippen molar-refractivity contribution < 1.29 is 25.5 Å². The molecule has 1 saturated heterocycles. The fourth-order valence-electron chi connectivity index (χ4n) is 5.86. The standard InChI is InChI=1S/C33H33ClFN3O4/c1-2-24(39)18-38-29-16-22(33(40)41)6-10-28(29)36-31(38)19-37-14-12-20(13-15-37)25-5-3-4-21-7-11-30(42-32(21)25)26-9-8-23(34)17-27(26)35/h3-11,16-17,20,24,30,39H,2,12-15,18-19H2,1H3,(H,40,41)/t24-,30+/m0/s1/i30D. The number of piperidine rings is 1. The summed E-state index contributed by atoms with van der Waals surface area (Å²) in [6.45, 7) is 4.41. The van der Waals surface area contributed by atoms with Gasteiger partial charge in [0, 0.05) is 16.1 Å². The molecule has 7 nitrogen and oxygen atoms in total. The van der Waals surface area contributed by atoms with Crippen LogP contribution in [0.3, 0.4) is 0 Å². The van der Waals surface area contributed by atoms with Crippen molar-refractivity contribution in [2.75, 3.05) is 13.1 Å². The summed E-state index contributed by atoms with van der Waals surface area (Å²) in [6.07, 6.45) is 3.39. The van der Waals surface area contributed by atoms with Gasteiger partial charge in [-0.1, -0.05) is 48.9 Å². The highest BCUT2D eigenvalue weighted by molar-refractivity contribution is 6.30. The maximum atomic E-state index is 14.8. The minimum atomic E-state index is -1.71. The van der Waals surface area contributed by atoms with Crippen molar-refractivity contribution in [3.05, 3.63) is 99.6 Å². The summed E-state index contributed by atoms with van der Waals surface area (Å²) >= 11 is 5.95. The first-order chi connectivity index (χ1) is 20.6. The lowest BCUT2D eigenvalue weighted by Crippen LogP contribution is -2.34. The molecule has 2 aliphatic rings. The van der Waals surface area contributed by atoms with E-state index in [4.69, 9.17) is 22.7 Å². The Hall–Kier alpha value is -3.72. The number of halogens is 2. The number of rotatable bonds is 8. The highest BCUT2D eigenvalue weighted by Gasteiger charge is 2.28. The summed E-state index contributed by atoms with van der Waals surface area (Å²) in [4.78, 5) is 18.7. The van der Waals surface area contributed by atoms with Gasteiger partial charge in [-0.05, 0) is 80.2 Å². The van der Waals surface area contributed by atoms with Crippen LogP contribution in [0, 0.1) is 5.82 Å². The van der Waals surface area contributed by atoms with Crippen LogP contribution in [0.4, 0.5) is 4.39 Å². The average molecular weight is 591 g/mol. The molecule has 0 aliphatic carbocycles. The quantitative estimate of drug-likeness (QED) is 0.234. The number of likely N-dealkylation sites (tertiary alicyclic amines) is 1. The summed E-state index contributed by atoms with van der Waals surface area (Å²) in [5, 5.41) is 20.2. The maximum Gasteiger partial charge on any atom is 0.335 e. The minimum Gasteiger partial charge on any atom is -0.481 e. The van der Waals surface area contributed by atoms with Crippen LogP contribution in [0.25, 0.3) is 17.1 Å². The third kappa shape index (κ3) is 5.67. The lowest BCUT2D eigenvalue weighted by molar-refractivity contribution is 0.0697. The number of fused-ring (bicyclic) bond motifs is 2. The number of carboxylic acid groups (broad SMARTS) is 1. The minimum absolute atomic E-state index is 0.106. The molecular weight excluding hydrogens is 557 g/mol. The van der Waals surface area contributed by atoms with E-state index >= 15 is 0 Å². The van der Waals surface area contributed by atoms with E-state index in [2.05, 4.69) is 4.90 Å². The Kier molecular flexibility index (Phi) is 7.67. The number of aromatic nitrogens is 2. The van der Waals surface area contributed by atoms with Crippen molar-refractivity contribution in [2.45, 2.75) is 57.4 Å². The van der Waals surface area contributed by atoms with Crippen molar-refractivity contribution in [2.24, 2.45) is 0 Å². The number of aromatic carboxylic acids is 1. The molecule has 6 rings (SSSR count). The van der Waals surface area contributed by atoms with Crippen molar-refractivity contribution in [1.82, 2.24) is 14.5 Å². The smallest absolute Gasteiger partial charge is 0.335 e. The average Bonchev–Trinajstić information content (AvgIpc) is 3.32. The molecule has 2 atom stereocenters. The van der Waals surface area contributed by atoms with Crippen LogP contribution in [-0.2, 0) is 13.1 Å². The van der Waals surface area contributed by atoms with Crippen LogP contribution in [-0.4, -0.2) is 49.8 Å². The molecule has 0 amide bonds. The molecule has 1 fully saturated rings. The lowest BCUT2D eigenvalue weighted by Gasteiger charge is -2.34. The van der Waals surface area contributed by atoms with E-state index in [0.29, 0.717) is 36.3 Å². The van der Waals surface area contributed by atoms with E-state index in [9.17, 15) is 19.4 Å². The molecule has 9 heteroatoms. The number of benzene rings is 3. The van der Waals surface area contributed by atoms with Gasteiger partial charge in [-0.25, -0.2) is 14.2 Å². The number of ether oxygens (including phenoxy) is 1. The molecule has 0 unspecified atom stereocenters. The topological polar surface area (TPSA) is 87.8 Å². The van der Waals surface area contributed by atoms with Crippen LogP contribution < -0.4 is 4.74 Å². The number of imidazole rings is 1. The van der Waals surface area contributed by atoms with Gasteiger partial charge in [0.05, 0.1) is 37.2 Å². The predicted molar refractivity (Wildman–Crippen MR) is 160 cm³/mol. The van der Waals surface area contributed by atoms with Gasteiger partial charge >= 0.3 is 5.97 Å². The molecule has 3 aromatic carbocycles. The number of carboxylic acids is 1. The van der Waals surface area contributed by atoms with Crippen LogP contribution in [0.1, 0.15) is 72.4 Å². The molecule has 1 aromatic heterocycles. The van der Waals surface area contributed by atoms with Gasteiger partial charge in [-0.15, -0.1) is 0 Å². The molecule has 2 N–H and O–H groups in total. The molecule has 0 spiro atoms. The van der Waals surface area contributed by atoms with Crippen LogP contribution in [0.2, 0.25) is 5.02 Å². The molecular formula is C33H33ClFN3O4. The van der Waals surface area contributed by atoms with Crippen LogP contribution in [0.5, 0.6) is 5.75 Å². The first kappa shape index (κ1) is 27.1. The second-order valence-electron chi connectivity index (χ2n) is 10.9. The Labute approximate surface area is 250 Å². The maximum absolute atomic E-state index is 14.8. The summed E-state index contributed by atoms with van der Waals surface area (Å²) in [6, 6.07) is 15.1. The van der Waals surface area contributed by atoms with Gasteiger partial charge in [0.25, 0.3) is 0 Å². The Bertz CT molecular complexity index is 1720. The number of hydrogen-bond donors (Lipinski definition) is 2. The normalized spacial score (nSPS) is 20.2. The largest absolute Gasteiger partial charge is 0.481 e. The van der Waals surface area contributed by atoms with Crippen molar-refractivity contribution in [3.63, 3.8) is 0 Å². The molecule has 0 bridgehead atoms. The zero-order valence-electron chi connectivity index (χ0n) is 24.3. The van der Waals surface area contributed by atoms with Crippen molar-refractivity contribution >= 4 is 34.7 Å². The first-order valence-electron chi connectivity index (χ1n) is 14.7. The molecule has 0 radical (unpaired) electrons. The molecule has 4 aromatic rings. The number of nitrogens with zero attached hydrogens (tertiary/aromatic N) is 3. The summed E-state index contributed by atoms with van der Waals surface area (Å²) in [5.74, 6) is 0.00201. The summed E-state index contributed by atoms with van der Waals surface area (Å²) in [7, 11) is 0. The number of aliphatic hydroxyl groups is 1. The van der Waals surface area contributed by atoms with E-state index in [1.54, 1.807) is 30.3 Å². The number of aliphatic hydroxyl groups excluding tert-OH is 1. The first-order valence-corrected chi connectivity index (χ1v) is 14.6. The van der Waals surface area contributed by atoms with Gasteiger partial charge in [-0.3, -0.25) is 4.90 Å². The lowest BCUT2D eigenvalue weighted by atomic mass is 9.87. The number of carbonyl (C=O) groups is 1. The second-order valence-corrected chi connectivity index (χ2v) is 11.4. The van der Waals surface area contributed by atoms with Gasteiger partial charge in [0.1, 0.15) is 23.5 Å². The molecule has 3 heterocycles. The highest BCUT2D eigenvalue weighted by Crippen LogP contribution is 2.42. The number of hydrogen-bond acceptors (Lipinski definition) is 5. The van der Waals surface area contributed by atoms with E-state index in [-0.39, 0.29) is 22.1 Å². The number of para-hydroxylation sites is 1. The highest BCUT2D eigenvalue weighted by atomic mass is 35.5. The second kappa shape index (κ2) is 11.9. The van der Waals surface area contributed by atoms with E-state index in [0.717, 1.165) is 42.9 Å². The van der Waals surface area contributed by atoms with Gasteiger partial charge < -0.3 is 19.5 Å². The zero-order chi connectivity index (χ0) is 30.3. The van der Waals surface area contributed by atoms with Gasteiger partial charge in [0.2, 0.25) is 0 Å². The molecule has 2 aliphatic heterocycles. The third-order valence-electron chi connectivity index (χ3n) is 8.23. The van der Waals surface area contributed by atoms with Crippen LogP contribution >= 0.6 is 11.6 Å². The van der Waals surface area contributed by atoms with Gasteiger partial charge in [0.15, 0.2) is 0 Å². The van der Waals surface area contributed by atoms with Crippen molar-refractivity contribution in [1.29, 1.82) is 0 Å². The fourth-order valence-corrected chi connectivity index (χ4v) is 6.02. The van der Waals surface area contributed by atoms with E-state index in [1.807, 2.05) is 35.8 Å². The monoisotopic (exact) mass is 590 g/mol. The molecule has 218 valence electrons. The van der Waals surface area contributed by atoms with Gasteiger partial charge in [-0.2, -0.15) is 0 Å². The molecule has 0 saturated carbocycles. The predicted octanol–water partition coefficient (Wildman–Crippen LogP) is 6.82. The van der Waals surface area contributed by atoms with E-state index < -0.39 is 24.0 Å². The Morgan fingerprint density at radius 3 is 2.74 bits per heavy atom. The summed E-state index contributed by atoms with van der Waals surface area (Å²) in [5.41, 5.74) is 3.57. The zero-order valence-corrected chi connectivity index (χ0v) is 24.0.